The van der Waals surface area contributed by atoms with Crippen LogP contribution in [-0.4, -0.2) is 32.4 Å². The van der Waals surface area contributed by atoms with Crippen LogP contribution in [0.2, 0.25) is 0 Å². The van der Waals surface area contributed by atoms with E-state index >= 15 is 0 Å². The molecule has 1 aliphatic carbocycles. The fourth-order valence-electron chi connectivity index (χ4n) is 7.09. The van der Waals surface area contributed by atoms with Gasteiger partial charge in [0, 0.05) is 22.2 Å². The van der Waals surface area contributed by atoms with Crippen LogP contribution in [0.25, 0.3) is 32.3 Å². The van der Waals surface area contributed by atoms with Gasteiger partial charge < -0.3 is 15.0 Å². The van der Waals surface area contributed by atoms with Crippen molar-refractivity contribution in [1.29, 1.82) is 0 Å². The summed E-state index contributed by atoms with van der Waals surface area (Å²) in [6, 6.07) is 28.1. The summed E-state index contributed by atoms with van der Waals surface area (Å²) >= 11 is 1.72. The van der Waals surface area contributed by atoms with E-state index in [1.165, 1.54) is 32.7 Å². The predicted molar refractivity (Wildman–Crippen MR) is 188 cm³/mol. The molecule has 8 rings (SSSR count). The third-order valence-corrected chi connectivity index (χ3v) is 10.9. The van der Waals surface area contributed by atoms with Crippen molar-refractivity contribution >= 4 is 27.3 Å². The SMILES string of the molecule is O=C([C@H](O)c1cccc(-c2cccc(C(F)(F)F)c2)c1)N1CCCc2nc(C3(c4cccc(-c5csc6ccccc56)c4)CC3)[nH]c(=O)c2C1. The molecule has 6 aromatic rings. The van der Waals surface area contributed by atoms with Crippen LogP contribution in [0.3, 0.4) is 0 Å². The monoisotopic (exact) mass is 691 g/mol. The van der Waals surface area contributed by atoms with Crippen molar-refractivity contribution in [2.45, 2.75) is 49.9 Å². The number of nitrogens with zero attached hydrogens (tertiary/aromatic N) is 2. The van der Waals surface area contributed by atoms with Gasteiger partial charge in [0.2, 0.25) is 0 Å². The van der Waals surface area contributed by atoms with Gasteiger partial charge in [0.1, 0.15) is 5.82 Å². The Morgan fingerprint density at radius 2 is 1.66 bits per heavy atom. The largest absolute Gasteiger partial charge is 0.416 e. The molecule has 0 unspecified atom stereocenters. The lowest BCUT2D eigenvalue weighted by Crippen LogP contribution is -2.36. The molecule has 1 atom stereocenters. The molecule has 0 saturated heterocycles. The zero-order chi connectivity index (χ0) is 34.6. The molecule has 0 radical (unpaired) electrons. The van der Waals surface area contributed by atoms with Gasteiger partial charge in [-0.25, -0.2) is 4.98 Å². The Labute approximate surface area is 289 Å². The molecule has 50 heavy (non-hydrogen) atoms. The summed E-state index contributed by atoms with van der Waals surface area (Å²) in [7, 11) is 0. The molecule has 1 fully saturated rings. The number of halogens is 3. The lowest BCUT2D eigenvalue weighted by molar-refractivity contribution is -0.141. The van der Waals surface area contributed by atoms with Crippen LogP contribution < -0.4 is 5.56 Å². The topological polar surface area (TPSA) is 86.3 Å². The Kier molecular flexibility index (Phi) is 7.95. The van der Waals surface area contributed by atoms with Crippen molar-refractivity contribution in [3.63, 3.8) is 0 Å². The number of fused-ring (bicyclic) bond motifs is 2. The molecule has 0 spiro atoms. The lowest BCUT2D eigenvalue weighted by atomic mass is 9.91. The molecule has 10 heteroatoms. The van der Waals surface area contributed by atoms with E-state index in [2.05, 4.69) is 46.8 Å². The number of carbonyl (C=O) groups is 1. The van der Waals surface area contributed by atoms with Crippen LogP contribution in [0.1, 0.15) is 59.1 Å². The maximum absolute atomic E-state index is 13.7. The summed E-state index contributed by atoms with van der Waals surface area (Å²) in [6.45, 7) is 0.311. The van der Waals surface area contributed by atoms with Gasteiger partial charge in [-0.05, 0) is 83.1 Å². The van der Waals surface area contributed by atoms with Crippen LogP contribution >= 0.6 is 11.3 Å². The van der Waals surface area contributed by atoms with Gasteiger partial charge in [-0.1, -0.05) is 72.8 Å². The second-order valence-corrected chi connectivity index (χ2v) is 14.0. The van der Waals surface area contributed by atoms with E-state index in [-0.39, 0.29) is 17.7 Å². The Morgan fingerprint density at radius 3 is 2.46 bits per heavy atom. The van der Waals surface area contributed by atoms with Crippen molar-refractivity contribution in [3.05, 3.63) is 147 Å². The van der Waals surface area contributed by atoms with E-state index in [9.17, 15) is 27.9 Å². The number of aliphatic hydroxyl groups excluding tert-OH is 1. The number of aliphatic hydroxyl groups is 1. The molecule has 6 nitrogen and oxygen atoms in total. The average Bonchev–Trinajstić information content (AvgIpc) is 3.88. The second kappa shape index (κ2) is 12.4. The normalized spacial score (nSPS) is 16.1. The maximum Gasteiger partial charge on any atom is 0.416 e. The van der Waals surface area contributed by atoms with Crippen molar-refractivity contribution in [2.75, 3.05) is 6.54 Å². The first-order chi connectivity index (χ1) is 24.1. The maximum atomic E-state index is 13.7. The van der Waals surface area contributed by atoms with Crippen LogP contribution in [-0.2, 0) is 29.4 Å². The Hall–Kier alpha value is -5.06. The van der Waals surface area contributed by atoms with Crippen molar-refractivity contribution < 1.29 is 23.1 Å². The van der Waals surface area contributed by atoms with Crippen LogP contribution in [0, 0.1) is 0 Å². The molecule has 2 N–H and O–H groups in total. The molecule has 252 valence electrons. The highest BCUT2D eigenvalue weighted by Gasteiger charge is 2.49. The minimum Gasteiger partial charge on any atom is -0.378 e. The minimum atomic E-state index is -4.50. The van der Waals surface area contributed by atoms with E-state index in [0.717, 1.165) is 36.1 Å². The number of aryl methyl sites for hydroxylation is 1. The fourth-order valence-corrected chi connectivity index (χ4v) is 8.06. The van der Waals surface area contributed by atoms with Gasteiger partial charge in [0.05, 0.1) is 28.8 Å². The zero-order valence-corrected chi connectivity index (χ0v) is 27.7. The summed E-state index contributed by atoms with van der Waals surface area (Å²) in [5.74, 6) is 0.0544. The number of carbonyl (C=O) groups excluding carboxylic acids is 1. The number of thiophene rings is 1. The van der Waals surface area contributed by atoms with Gasteiger partial charge in [-0.15, -0.1) is 11.3 Å². The number of aromatic nitrogens is 2. The summed E-state index contributed by atoms with van der Waals surface area (Å²) in [6.07, 6.45) is -3.27. The number of H-pyrrole nitrogens is 1. The van der Waals surface area contributed by atoms with Crippen LogP contribution in [0.4, 0.5) is 13.2 Å². The number of alkyl halides is 3. The highest BCUT2D eigenvalue weighted by atomic mass is 32.1. The minimum absolute atomic E-state index is 0.00509. The number of hydrogen-bond donors (Lipinski definition) is 2. The molecule has 1 aliphatic heterocycles. The van der Waals surface area contributed by atoms with Gasteiger partial charge in [0.15, 0.2) is 6.10 Å². The summed E-state index contributed by atoms with van der Waals surface area (Å²) in [5, 5.41) is 14.6. The van der Waals surface area contributed by atoms with Gasteiger partial charge >= 0.3 is 6.18 Å². The number of amides is 1. The molecule has 2 aromatic heterocycles. The molecule has 1 amide bonds. The smallest absolute Gasteiger partial charge is 0.378 e. The van der Waals surface area contributed by atoms with Gasteiger partial charge in [-0.3, -0.25) is 9.59 Å². The summed E-state index contributed by atoms with van der Waals surface area (Å²) in [5.41, 5.74) is 4.02. The Morgan fingerprint density at radius 1 is 0.920 bits per heavy atom. The van der Waals surface area contributed by atoms with Gasteiger partial charge in [0.25, 0.3) is 11.5 Å². The second-order valence-electron chi connectivity index (χ2n) is 13.1. The van der Waals surface area contributed by atoms with E-state index in [1.807, 2.05) is 12.1 Å². The molecule has 2 aliphatic rings. The first-order valence-corrected chi connectivity index (χ1v) is 17.4. The number of nitrogens with one attached hydrogen (secondary N) is 1. The number of hydrogen-bond acceptors (Lipinski definition) is 5. The quantitative estimate of drug-likeness (QED) is 0.184. The first-order valence-electron chi connectivity index (χ1n) is 16.5. The number of benzene rings is 4. The fraction of sp³-hybridized carbons (Fsp3) is 0.225. The third-order valence-electron chi connectivity index (χ3n) is 9.97. The summed E-state index contributed by atoms with van der Waals surface area (Å²) in [4.78, 5) is 36.9. The molecule has 4 aromatic carbocycles. The molecular weight excluding hydrogens is 660 g/mol. The van der Waals surface area contributed by atoms with E-state index in [4.69, 9.17) is 4.98 Å². The molecular formula is C40H32F3N3O3S. The Balaban J connectivity index is 1.04. The van der Waals surface area contributed by atoms with Crippen molar-refractivity contribution in [3.8, 4) is 22.3 Å². The van der Waals surface area contributed by atoms with Crippen molar-refractivity contribution in [1.82, 2.24) is 14.9 Å². The zero-order valence-electron chi connectivity index (χ0n) is 26.8. The van der Waals surface area contributed by atoms with E-state index < -0.39 is 29.2 Å². The molecule has 3 heterocycles. The third kappa shape index (κ3) is 5.82. The highest BCUT2D eigenvalue weighted by molar-refractivity contribution is 7.17. The number of rotatable bonds is 6. The van der Waals surface area contributed by atoms with E-state index in [0.29, 0.717) is 47.6 Å². The number of aromatic amines is 1. The average molecular weight is 692 g/mol. The van der Waals surface area contributed by atoms with Crippen molar-refractivity contribution in [2.24, 2.45) is 0 Å². The van der Waals surface area contributed by atoms with Crippen LogP contribution in [0.15, 0.2) is 107 Å². The Bertz CT molecular complexity index is 2320. The highest BCUT2D eigenvalue weighted by Crippen LogP contribution is 2.53. The van der Waals surface area contributed by atoms with E-state index in [1.54, 1.807) is 35.6 Å². The van der Waals surface area contributed by atoms with Crippen LogP contribution in [0.5, 0.6) is 0 Å². The molecule has 0 bridgehead atoms. The van der Waals surface area contributed by atoms with Gasteiger partial charge in [-0.2, -0.15) is 13.2 Å². The first kappa shape index (κ1) is 32.2. The summed E-state index contributed by atoms with van der Waals surface area (Å²) < 4.78 is 41.2. The predicted octanol–water partition coefficient (Wildman–Crippen LogP) is 8.43. The lowest BCUT2D eigenvalue weighted by Gasteiger charge is -2.24. The standard InChI is InChI=1S/C40H32F3N3O3S/c41-40(42,43)29-12-4-8-25(20-29)24-7-3-10-27(19-24)35(47)37(49)46-18-6-14-33-31(22-46)36(48)45-38(44-33)39(16-17-39)28-11-5-9-26(21-28)32-23-50-34-15-2-1-13-30(32)34/h1-5,7-13,15,19-21,23,35,47H,6,14,16-18,22H2,(H,44,45,48)/t35-/m1/s1. The molecule has 1 saturated carbocycles.